The van der Waals surface area contributed by atoms with E-state index >= 15 is 0 Å². The zero-order valence-electron chi connectivity index (χ0n) is 17.3. The summed E-state index contributed by atoms with van der Waals surface area (Å²) in [5.74, 6) is -1.00. The lowest BCUT2D eigenvalue weighted by atomic mass is 9.77. The van der Waals surface area contributed by atoms with E-state index in [9.17, 15) is 9.90 Å². The number of ether oxygens (including phenoxy) is 1. The second-order valence-corrected chi connectivity index (χ2v) is 7.35. The van der Waals surface area contributed by atoms with Gasteiger partial charge in [0.15, 0.2) is 6.10 Å². The summed E-state index contributed by atoms with van der Waals surface area (Å²) >= 11 is 0. The van der Waals surface area contributed by atoms with Gasteiger partial charge in [0.05, 0.1) is 12.0 Å². The number of benzene rings is 3. The number of imidazole rings is 1. The first-order valence-corrected chi connectivity index (χ1v) is 10.1. The molecule has 0 amide bonds. The molecule has 1 aromatic heterocycles. The molecular formula is C26H24N2O3. The normalized spacial score (nSPS) is 12.4. The summed E-state index contributed by atoms with van der Waals surface area (Å²) in [6.45, 7) is 0. The van der Waals surface area contributed by atoms with E-state index in [1.165, 1.54) is 7.11 Å². The first-order chi connectivity index (χ1) is 15.2. The highest BCUT2D eigenvalue weighted by molar-refractivity contribution is 5.72. The highest BCUT2D eigenvalue weighted by Crippen LogP contribution is 2.40. The Kier molecular flexibility index (Phi) is 5.96. The van der Waals surface area contributed by atoms with Gasteiger partial charge in [-0.3, -0.25) is 0 Å². The van der Waals surface area contributed by atoms with Gasteiger partial charge in [-0.05, 0) is 16.7 Å². The molecule has 3 aromatic carbocycles. The predicted octanol–water partition coefficient (Wildman–Crippen LogP) is 4.37. The van der Waals surface area contributed by atoms with Crippen molar-refractivity contribution in [2.45, 2.75) is 18.1 Å². The topological polar surface area (TPSA) is 64.4 Å². The number of aromatic nitrogens is 2. The molecule has 1 heterocycles. The molecule has 1 unspecified atom stereocenters. The molecule has 5 nitrogen and oxygen atoms in total. The Morgan fingerprint density at radius 2 is 1.35 bits per heavy atom. The number of methoxy groups -OCH3 is 1. The number of carboxylic acids is 1. The van der Waals surface area contributed by atoms with Crippen LogP contribution in [-0.2, 0) is 21.5 Å². The number of aliphatic carboxylic acids is 1. The van der Waals surface area contributed by atoms with Crippen molar-refractivity contribution in [2.24, 2.45) is 0 Å². The van der Waals surface area contributed by atoms with E-state index in [4.69, 9.17) is 4.74 Å². The monoisotopic (exact) mass is 412 g/mol. The maximum absolute atomic E-state index is 11.4. The molecule has 4 aromatic rings. The average molecular weight is 412 g/mol. The third-order valence-electron chi connectivity index (χ3n) is 5.55. The minimum Gasteiger partial charge on any atom is -0.479 e. The average Bonchev–Trinajstić information content (AvgIpc) is 3.29. The summed E-state index contributed by atoms with van der Waals surface area (Å²) < 4.78 is 7.18. The third-order valence-corrected chi connectivity index (χ3v) is 5.55. The zero-order valence-corrected chi connectivity index (χ0v) is 17.3. The van der Waals surface area contributed by atoms with E-state index < -0.39 is 17.6 Å². The molecule has 31 heavy (non-hydrogen) atoms. The van der Waals surface area contributed by atoms with Crippen molar-refractivity contribution >= 4 is 5.97 Å². The predicted molar refractivity (Wildman–Crippen MR) is 119 cm³/mol. The fourth-order valence-corrected chi connectivity index (χ4v) is 4.10. The van der Waals surface area contributed by atoms with E-state index in [-0.39, 0.29) is 6.42 Å². The van der Waals surface area contributed by atoms with Crippen LogP contribution >= 0.6 is 0 Å². The molecule has 0 aliphatic carbocycles. The Balaban J connectivity index is 1.95. The highest BCUT2D eigenvalue weighted by Gasteiger charge is 2.38. The van der Waals surface area contributed by atoms with Crippen molar-refractivity contribution in [3.63, 3.8) is 0 Å². The maximum Gasteiger partial charge on any atom is 0.333 e. The fourth-order valence-electron chi connectivity index (χ4n) is 4.10. The number of carbonyl (C=O) groups is 1. The Hall–Kier alpha value is -3.70. The largest absolute Gasteiger partial charge is 0.479 e. The molecule has 1 atom stereocenters. The standard InChI is InChI=1S/C26H24N2O3/c1-31-24(25(29)30)17-23-18-28(19-27-23)26(20-11-5-2-6-12-20,21-13-7-3-8-14-21)22-15-9-4-10-16-22/h2-16,18-19,24H,17H2,1H3,(H,29,30). The Bertz CT molecular complexity index is 1030. The van der Waals surface area contributed by atoms with Gasteiger partial charge in [0.2, 0.25) is 0 Å². The van der Waals surface area contributed by atoms with E-state index in [0.29, 0.717) is 5.69 Å². The zero-order chi connectivity index (χ0) is 21.7. The van der Waals surface area contributed by atoms with Gasteiger partial charge in [0, 0.05) is 19.7 Å². The number of nitrogens with zero attached hydrogens (tertiary/aromatic N) is 2. The second-order valence-electron chi connectivity index (χ2n) is 7.35. The molecule has 0 radical (unpaired) electrons. The minimum absolute atomic E-state index is 0.188. The summed E-state index contributed by atoms with van der Waals surface area (Å²) in [4.78, 5) is 16.0. The Morgan fingerprint density at radius 1 is 0.903 bits per heavy atom. The van der Waals surface area contributed by atoms with Crippen LogP contribution in [0.1, 0.15) is 22.4 Å². The van der Waals surface area contributed by atoms with Gasteiger partial charge >= 0.3 is 5.97 Å². The van der Waals surface area contributed by atoms with Crippen LogP contribution in [-0.4, -0.2) is 33.8 Å². The first-order valence-electron chi connectivity index (χ1n) is 10.1. The summed E-state index contributed by atoms with van der Waals surface area (Å²) in [7, 11) is 1.40. The molecule has 156 valence electrons. The van der Waals surface area contributed by atoms with Crippen LogP contribution < -0.4 is 0 Å². The van der Waals surface area contributed by atoms with Gasteiger partial charge in [0.25, 0.3) is 0 Å². The fraction of sp³-hybridized carbons (Fsp3) is 0.154. The van der Waals surface area contributed by atoms with Crippen molar-refractivity contribution in [3.05, 3.63) is 126 Å². The van der Waals surface area contributed by atoms with Gasteiger partial charge in [-0.2, -0.15) is 0 Å². The van der Waals surface area contributed by atoms with Crippen LogP contribution in [0.15, 0.2) is 104 Å². The van der Waals surface area contributed by atoms with E-state index in [1.807, 2.05) is 60.8 Å². The van der Waals surface area contributed by atoms with E-state index in [1.54, 1.807) is 6.33 Å². The summed E-state index contributed by atoms with van der Waals surface area (Å²) in [5.41, 5.74) is 3.23. The van der Waals surface area contributed by atoms with Crippen molar-refractivity contribution in [3.8, 4) is 0 Å². The minimum atomic E-state index is -1.00. The molecule has 0 fully saturated rings. The molecule has 0 aliphatic heterocycles. The molecule has 0 spiro atoms. The van der Waals surface area contributed by atoms with Crippen molar-refractivity contribution < 1.29 is 14.6 Å². The van der Waals surface area contributed by atoms with Gasteiger partial charge in [-0.15, -0.1) is 0 Å². The lowest BCUT2D eigenvalue weighted by Crippen LogP contribution is -2.37. The van der Waals surface area contributed by atoms with Crippen molar-refractivity contribution in [1.82, 2.24) is 9.55 Å². The molecule has 0 saturated heterocycles. The van der Waals surface area contributed by atoms with Crippen LogP contribution in [0.2, 0.25) is 0 Å². The maximum atomic E-state index is 11.4. The van der Waals surface area contributed by atoms with Crippen molar-refractivity contribution in [2.75, 3.05) is 7.11 Å². The number of rotatable bonds is 8. The quantitative estimate of drug-likeness (QED) is 0.437. The second kappa shape index (κ2) is 8.98. The van der Waals surface area contributed by atoms with Gasteiger partial charge in [-0.1, -0.05) is 91.0 Å². The molecule has 1 N–H and O–H groups in total. The molecule has 5 heteroatoms. The van der Waals surface area contributed by atoms with Crippen molar-refractivity contribution in [1.29, 1.82) is 0 Å². The summed E-state index contributed by atoms with van der Waals surface area (Å²) in [5, 5.41) is 9.38. The smallest absolute Gasteiger partial charge is 0.333 e. The molecule has 4 rings (SSSR count). The van der Waals surface area contributed by atoms with Crippen LogP contribution in [0.25, 0.3) is 0 Å². The highest BCUT2D eigenvalue weighted by atomic mass is 16.5. The summed E-state index contributed by atoms with van der Waals surface area (Å²) in [6.07, 6.45) is 2.94. The van der Waals surface area contributed by atoms with Gasteiger partial charge in [-0.25, -0.2) is 9.78 Å². The van der Waals surface area contributed by atoms with Crippen LogP contribution in [0, 0.1) is 0 Å². The van der Waals surface area contributed by atoms with Gasteiger partial charge < -0.3 is 14.4 Å². The number of carboxylic acid groups (broad SMARTS) is 1. The lowest BCUT2D eigenvalue weighted by Gasteiger charge is -2.37. The van der Waals surface area contributed by atoms with Crippen LogP contribution in [0.4, 0.5) is 0 Å². The third kappa shape index (κ3) is 3.88. The lowest BCUT2D eigenvalue weighted by molar-refractivity contribution is -0.148. The van der Waals surface area contributed by atoms with E-state index in [0.717, 1.165) is 16.7 Å². The first kappa shape index (κ1) is 20.6. The Labute approximate surface area is 181 Å². The van der Waals surface area contributed by atoms with Crippen LogP contribution in [0.5, 0.6) is 0 Å². The Morgan fingerprint density at radius 3 is 1.74 bits per heavy atom. The molecular weight excluding hydrogens is 388 g/mol. The van der Waals surface area contributed by atoms with E-state index in [2.05, 4.69) is 45.9 Å². The van der Waals surface area contributed by atoms with Gasteiger partial charge in [0.1, 0.15) is 5.54 Å². The molecule has 0 saturated carbocycles. The molecule has 0 bridgehead atoms. The molecule has 0 aliphatic rings. The number of hydrogen-bond acceptors (Lipinski definition) is 3. The number of hydrogen-bond donors (Lipinski definition) is 1. The SMILES string of the molecule is COC(Cc1cn(C(c2ccccc2)(c2ccccc2)c2ccccc2)cn1)C(=O)O. The van der Waals surface area contributed by atoms with Crippen LogP contribution in [0.3, 0.4) is 0 Å². The summed E-state index contributed by atoms with van der Waals surface area (Å²) in [6, 6.07) is 30.8.